The number of halogens is 2. The van der Waals surface area contributed by atoms with E-state index in [-0.39, 0.29) is 0 Å². The van der Waals surface area contributed by atoms with Crippen molar-refractivity contribution in [3.8, 4) is 0 Å². The maximum Gasteiger partial charge on any atom is 0.222 e. The van der Waals surface area contributed by atoms with Crippen LogP contribution >= 0.6 is 11.6 Å². The van der Waals surface area contributed by atoms with Gasteiger partial charge in [0.05, 0.1) is 5.69 Å². The highest BCUT2D eigenvalue weighted by Gasteiger charge is 2.43. The van der Waals surface area contributed by atoms with Gasteiger partial charge in [-0.25, -0.2) is 9.38 Å². The second-order valence-electron chi connectivity index (χ2n) is 5.87. The van der Waals surface area contributed by atoms with Gasteiger partial charge in [-0.2, -0.15) is 0 Å². The Labute approximate surface area is 150 Å². The second kappa shape index (κ2) is 6.34. The van der Waals surface area contributed by atoms with E-state index in [1.807, 2.05) is 60.7 Å². The minimum Gasteiger partial charge on any atom is -0.458 e. The summed E-state index contributed by atoms with van der Waals surface area (Å²) < 4.78 is 20.7. The lowest BCUT2D eigenvalue weighted by atomic mass is 9.85. The van der Waals surface area contributed by atoms with E-state index in [1.54, 1.807) is 18.2 Å². The van der Waals surface area contributed by atoms with E-state index in [1.165, 1.54) is 0 Å². The summed E-state index contributed by atoms with van der Waals surface area (Å²) in [5, 5.41) is 0.523. The Morgan fingerprint density at radius 2 is 1.60 bits per heavy atom. The van der Waals surface area contributed by atoms with Crippen molar-refractivity contribution in [1.29, 1.82) is 0 Å². The summed E-state index contributed by atoms with van der Waals surface area (Å²) in [7, 11) is 0. The molecule has 0 fully saturated rings. The van der Waals surface area contributed by atoms with E-state index in [9.17, 15) is 4.39 Å². The summed E-state index contributed by atoms with van der Waals surface area (Å²) in [5.41, 5.74) is 1.56. The molecule has 0 saturated heterocycles. The standard InChI is InChI=1S/C21H15ClFNO/c22-17-11-12-19-18(13-17)21(14-23,16-9-5-2-6-10-16)25-20(24-19)15-7-3-1-4-8-15/h1-13H,14H2. The predicted molar refractivity (Wildman–Crippen MR) is 98.4 cm³/mol. The zero-order valence-electron chi connectivity index (χ0n) is 13.3. The average molecular weight is 352 g/mol. The van der Waals surface area contributed by atoms with Gasteiger partial charge < -0.3 is 4.74 Å². The van der Waals surface area contributed by atoms with Gasteiger partial charge in [0.25, 0.3) is 0 Å². The molecule has 0 aromatic heterocycles. The fourth-order valence-electron chi connectivity index (χ4n) is 3.08. The highest BCUT2D eigenvalue weighted by Crippen LogP contribution is 2.44. The van der Waals surface area contributed by atoms with Crippen LogP contribution in [0.15, 0.2) is 83.9 Å². The van der Waals surface area contributed by atoms with E-state index in [0.717, 1.165) is 11.1 Å². The lowest BCUT2D eigenvalue weighted by Gasteiger charge is -2.37. The van der Waals surface area contributed by atoms with Gasteiger partial charge >= 0.3 is 0 Å². The van der Waals surface area contributed by atoms with Gasteiger partial charge in [-0.15, -0.1) is 0 Å². The van der Waals surface area contributed by atoms with Crippen LogP contribution in [0.25, 0.3) is 0 Å². The van der Waals surface area contributed by atoms with Crippen molar-refractivity contribution < 1.29 is 9.13 Å². The van der Waals surface area contributed by atoms with E-state index in [0.29, 0.717) is 22.2 Å². The van der Waals surface area contributed by atoms with Crippen LogP contribution in [0, 0.1) is 0 Å². The highest BCUT2D eigenvalue weighted by atomic mass is 35.5. The SMILES string of the molecule is FCC1(c2ccccc2)OC(c2ccccc2)=Nc2ccc(Cl)cc21. The molecule has 1 aliphatic heterocycles. The Hall–Kier alpha value is -2.65. The maximum atomic E-state index is 14.5. The smallest absolute Gasteiger partial charge is 0.222 e. The molecular formula is C21H15ClFNO. The predicted octanol–water partition coefficient (Wildman–Crippen LogP) is 5.66. The molecule has 1 unspecified atom stereocenters. The number of alkyl halides is 1. The normalized spacial score (nSPS) is 18.9. The summed E-state index contributed by atoms with van der Waals surface area (Å²) in [4.78, 5) is 4.59. The first-order valence-corrected chi connectivity index (χ1v) is 8.35. The largest absolute Gasteiger partial charge is 0.458 e. The topological polar surface area (TPSA) is 21.6 Å². The van der Waals surface area contributed by atoms with Crippen LogP contribution in [0.4, 0.5) is 10.1 Å². The first-order valence-electron chi connectivity index (χ1n) is 7.97. The Bertz CT molecular complexity index is 927. The van der Waals surface area contributed by atoms with Crippen molar-refractivity contribution in [2.75, 3.05) is 6.67 Å². The van der Waals surface area contributed by atoms with Gasteiger partial charge in [-0.05, 0) is 30.3 Å². The van der Waals surface area contributed by atoms with E-state index < -0.39 is 12.3 Å². The molecule has 25 heavy (non-hydrogen) atoms. The van der Waals surface area contributed by atoms with Crippen molar-refractivity contribution in [2.45, 2.75) is 5.60 Å². The number of benzene rings is 3. The Morgan fingerprint density at radius 3 is 2.28 bits per heavy atom. The molecule has 1 aliphatic rings. The van der Waals surface area contributed by atoms with Crippen LogP contribution in [0.2, 0.25) is 5.02 Å². The lowest BCUT2D eigenvalue weighted by molar-refractivity contribution is 0.0637. The number of rotatable bonds is 3. The van der Waals surface area contributed by atoms with Gasteiger partial charge in [-0.1, -0.05) is 60.1 Å². The van der Waals surface area contributed by atoms with Gasteiger partial charge in [0, 0.05) is 21.7 Å². The first kappa shape index (κ1) is 15.9. The Balaban J connectivity index is 1.96. The maximum absolute atomic E-state index is 14.5. The second-order valence-corrected chi connectivity index (χ2v) is 6.31. The zero-order chi connectivity index (χ0) is 17.3. The van der Waals surface area contributed by atoms with Crippen LogP contribution < -0.4 is 0 Å². The van der Waals surface area contributed by atoms with Crippen molar-refractivity contribution in [2.24, 2.45) is 4.99 Å². The number of aliphatic imine (C=N–C) groups is 1. The monoisotopic (exact) mass is 351 g/mol. The number of hydrogen-bond acceptors (Lipinski definition) is 2. The number of hydrogen-bond donors (Lipinski definition) is 0. The van der Waals surface area contributed by atoms with Crippen LogP contribution in [0.1, 0.15) is 16.7 Å². The molecule has 1 atom stereocenters. The van der Waals surface area contributed by atoms with Crippen molar-refractivity contribution in [1.82, 2.24) is 0 Å². The van der Waals surface area contributed by atoms with Crippen LogP contribution in [0.5, 0.6) is 0 Å². The van der Waals surface area contributed by atoms with Crippen LogP contribution in [-0.2, 0) is 10.3 Å². The minimum atomic E-state index is -1.27. The first-order chi connectivity index (χ1) is 12.2. The van der Waals surface area contributed by atoms with Crippen molar-refractivity contribution in [3.63, 3.8) is 0 Å². The fraction of sp³-hybridized carbons (Fsp3) is 0.0952. The lowest BCUT2D eigenvalue weighted by Crippen LogP contribution is -2.38. The highest BCUT2D eigenvalue weighted by molar-refractivity contribution is 6.30. The summed E-state index contributed by atoms with van der Waals surface area (Å²) >= 11 is 6.18. The molecule has 2 nitrogen and oxygen atoms in total. The quantitative estimate of drug-likeness (QED) is 0.596. The van der Waals surface area contributed by atoms with Gasteiger partial charge in [0.1, 0.15) is 6.67 Å². The summed E-state index contributed by atoms with van der Waals surface area (Å²) in [6.07, 6.45) is 0. The molecule has 4 rings (SSSR count). The molecule has 0 spiro atoms. The third-order valence-electron chi connectivity index (χ3n) is 4.34. The molecule has 0 amide bonds. The fourth-order valence-corrected chi connectivity index (χ4v) is 3.26. The zero-order valence-corrected chi connectivity index (χ0v) is 14.1. The molecule has 124 valence electrons. The molecule has 0 saturated carbocycles. The Kier molecular flexibility index (Phi) is 4.02. The number of nitrogens with zero attached hydrogens (tertiary/aromatic N) is 1. The van der Waals surface area contributed by atoms with Crippen molar-refractivity contribution in [3.05, 3.63) is 101 Å². The number of ether oxygens (including phenoxy) is 1. The molecular weight excluding hydrogens is 337 g/mol. The summed E-state index contributed by atoms with van der Waals surface area (Å²) in [6, 6.07) is 24.2. The number of fused-ring (bicyclic) bond motifs is 1. The van der Waals surface area contributed by atoms with Crippen molar-refractivity contribution >= 4 is 23.2 Å². The van der Waals surface area contributed by atoms with E-state index in [2.05, 4.69) is 4.99 Å². The van der Waals surface area contributed by atoms with Crippen LogP contribution in [0.3, 0.4) is 0 Å². The van der Waals surface area contributed by atoms with Gasteiger partial charge in [0.2, 0.25) is 5.90 Å². The minimum absolute atomic E-state index is 0.400. The molecule has 0 N–H and O–H groups in total. The molecule has 0 bridgehead atoms. The van der Waals surface area contributed by atoms with E-state index in [4.69, 9.17) is 16.3 Å². The third kappa shape index (κ3) is 2.71. The molecule has 1 heterocycles. The molecule has 3 aromatic carbocycles. The van der Waals surface area contributed by atoms with Gasteiger partial charge in [-0.3, -0.25) is 0 Å². The van der Waals surface area contributed by atoms with Crippen LogP contribution in [-0.4, -0.2) is 12.6 Å². The van der Waals surface area contributed by atoms with Gasteiger partial charge in [0.15, 0.2) is 5.60 Å². The summed E-state index contributed by atoms with van der Waals surface area (Å²) in [5.74, 6) is 0.400. The van der Waals surface area contributed by atoms with E-state index >= 15 is 0 Å². The molecule has 4 heteroatoms. The Morgan fingerprint density at radius 1 is 0.920 bits per heavy atom. The average Bonchev–Trinajstić information content (AvgIpc) is 2.68. The molecule has 0 radical (unpaired) electrons. The summed E-state index contributed by atoms with van der Waals surface area (Å²) in [6.45, 7) is -0.726. The molecule has 3 aromatic rings. The molecule has 0 aliphatic carbocycles. The third-order valence-corrected chi connectivity index (χ3v) is 4.57.